The van der Waals surface area contributed by atoms with Crippen LogP contribution in [-0.2, 0) is 0 Å². The Kier molecular flexibility index (Phi) is 3.42. The molecule has 2 N–H and O–H groups in total. The molecule has 0 fully saturated rings. The van der Waals surface area contributed by atoms with Crippen molar-refractivity contribution in [3.8, 4) is 22.1 Å². The predicted molar refractivity (Wildman–Crippen MR) is 95.7 cm³/mol. The van der Waals surface area contributed by atoms with Gasteiger partial charge in [0, 0.05) is 28.5 Å². The molecule has 0 unspecified atom stereocenters. The summed E-state index contributed by atoms with van der Waals surface area (Å²) in [6.07, 6.45) is -3.69. The largest absolute Gasteiger partial charge is 0.586 e. The quantitative estimate of drug-likeness (QED) is 0.529. The van der Waals surface area contributed by atoms with Crippen LogP contribution < -0.4 is 14.8 Å². The number of alkyl halides is 2. The maximum Gasteiger partial charge on any atom is 0.586 e. The molecule has 0 saturated heterocycles. The average Bonchev–Trinajstić information content (AvgIpc) is 3.36. The number of hydrogen-bond acceptors (Lipinski definition) is 7. The highest BCUT2D eigenvalue weighted by Gasteiger charge is 2.43. The van der Waals surface area contributed by atoms with Crippen molar-refractivity contribution in [1.29, 1.82) is 0 Å². The fourth-order valence-corrected chi connectivity index (χ4v) is 4.09. The van der Waals surface area contributed by atoms with E-state index in [2.05, 4.69) is 29.7 Å². The zero-order valence-corrected chi connectivity index (χ0v) is 14.8. The van der Waals surface area contributed by atoms with Crippen LogP contribution >= 0.6 is 22.7 Å². The van der Waals surface area contributed by atoms with Crippen LogP contribution in [0.3, 0.4) is 0 Å². The summed E-state index contributed by atoms with van der Waals surface area (Å²) in [4.78, 5) is 23.7. The van der Waals surface area contributed by atoms with Gasteiger partial charge < -0.3 is 14.5 Å². The molecule has 3 aromatic heterocycles. The average molecular weight is 406 g/mol. The molecule has 1 aliphatic rings. The molecular formula is C16H8F2N4O3S2. The second kappa shape index (κ2) is 5.72. The van der Waals surface area contributed by atoms with E-state index in [1.807, 2.05) is 16.8 Å². The van der Waals surface area contributed by atoms with E-state index in [-0.39, 0.29) is 23.1 Å². The Morgan fingerprint density at radius 2 is 2.00 bits per heavy atom. The van der Waals surface area contributed by atoms with Crippen molar-refractivity contribution < 1.29 is 23.0 Å². The second-order valence-corrected chi connectivity index (χ2v) is 7.21. The minimum absolute atomic E-state index is 0.103. The number of fused-ring (bicyclic) bond motifs is 2. The molecule has 136 valence electrons. The lowest BCUT2D eigenvalue weighted by Gasteiger charge is -2.04. The molecule has 1 amide bonds. The van der Waals surface area contributed by atoms with Gasteiger partial charge in [0.2, 0.25) is 5.95 Å². The molecule has 1 aliphatic heterocycles. The maximum absolute atomic E-state index is 13.1. The third kappa shape index (κ3) is 2.90. The highest BCUT2D eigenvalue weighted by Crippen LogP contribution is 2.42. The number of amides is 1. The zero-order chi connectivity index (χ0) is 18.6. The SMILES string of the molecule is O=C(Nc1nc2cc3c(cc2[nH]1)OC(F)(F)O3)c1csc(-c2ccsc2)n1. The van der Waals surface area contributed by atoms with Crippen molar-refractivity contribution in [2.75, 3.05) is 5.32 Å². The third-order valence-corrected chi connectivity index (χ3v) is 5.32. The summed E-state index contributed by atoms with van der Waals surface area (Å²) in [5, 5.41) is 8.90. The van der Waals surface area contributed by atoms with Crippen molar-refractivity contribution >= 4 is 45.6 Å². The number of halogens is 2. The first-order chi connectivity index (χ1) is 13.0. The van der Waals surface area contributed by atoms with Gasteiger partial charge in [-0.1, -0.05) is 0 Å². The number of thiophene rings is 1. The highest BCUT2D eigenvalue weighted by molar-refractivity contribution is 7.14. The first kappa shape index (κ1) is 16.1. The van der Waals surface area contributed by atoms with Crippen LogP contribution in [0.4, 0.5) is 14.7 Å². The summed E-state index contributed by atoms with van der Waals surface area (Å²) in [7, 11) is 0. The van der Waals surface area contributed by atoms with Crippen molar-refractivity contribution in [2.45, 2.75) is 6.29 Å². The summed E-state index contributed by atoms with van der Waals surface area (Å²) < 4.78 is 35.0. The predicted octanol–water partition coefficient (Wildman–Crippen LogP) is 4.32. The Hall–Kier alpha value is -3.05. The Morgan fingerprint density at radius 1 is 1.19 bits per heavy atom. The molecule has 1 aromatic carbocycles. The van der Waals surface area contributed by atoms with Crippen LogP contribution in [0.1, 0.15) is 10.5 Å². The molecule has 0 saturated carbocycles. The lowest BCUT2D eigenvalue weighted by atomic mass is 10.3. The molecule has 0 radical (unpaired) electrons. The minimum atomic E-state index is -3.69. The van der Waals surface area contributed by atoms with E-state index < -0.39 is 12.2 Å². The smallest absolute Gasteiger partial charge is 0.395 e. The van der Waals surface area contributed by atoms with E-state index in [0.29, 0.717) is 11.0 Å². The molecule has 4 aromatic rings. The van der Waals surface area contributed by atoms with E-state index in [4.69, 9.17) is 0 Å². The summed E-state index contributed by atoms with van der Waals surface area (Å²) in [5.41, 5.74) is 1.99. The standard InChI is InChI=1S/C16H8F2N4O3S2/c17-16(18)24-11-3-8-9(4-12(11)25-16)21-15(20-8)22-13(23)10-6-27-14(19-10)7-1-2-26-5-7/h1-6H,(H2,20,21,22,23). The first-order valence-electron chi connectivity index (χ1n) is 7.56. The molecule has 11 heteroatoms. The molecular weight excluding hydrogens is 398 g/mol. The Balaban J connectivity index is 1.38. The summed E-state index contributed by atoms with van der Waals surface area (Å²) in [6.45, 7) is 0. The Labute approximate surface area is 157 Å². The van der Waals surface area contributed by atoms with Crippen molar-refractivity contribution in [3.05, 3.63) is 40.0 Å². The molecule has 0 aliphatic carbocycles. The highest BCUT2D eigenvalue weighted by atomic mass is 32.1. The molecule has 0 spiro atoms. The summed E-state index contributed by atoms with van der Waals surface area (Å²) in [5.74, 6) is -0.486. The van der Waals surface area contributed by atoms with Crippen LogP contribution in [0.25, 0.3) is 21.6 Å². The fourth-order valence-electron chi connectivity index (χ4n) is 2.58. The van der Waals surface area contributed by atoms with Crippen LogP contribution in [0, 0.1) is 0 Å². The van der Waals surface area contributed by atoms with Gasteiger partial charge in [-0.2, -0.15) is 11.3 Å². The summed E-state index contributed by atoms with van der Waals surface area (Å²) >= 11 is 2.92. The number of anilines is 1. The molecule has 0 bridgehead atoms. The number of benzene rings is 1. The van der Waals surface area contributed by atoms with E-state index in [0.717, 1.165) is 10.6 Å². The van der Waals surface area contributed by atoms with Crippen LogP contribution in [0.15, 0.2) is 34.3 Å². The van der Waals surface area contributed by atoms with Gasteiger partial charge in [-0.25, -0.2) is 9.97 Å². The molecule has 7 nitrogen and oxygen atoms in total. The number of carbonyl (C=O) groups excluding carboxylic acids is 1. The second-order valence-electron chi connectivity index (χ2n) is 5.57. The molecule has 27 heavy (non-hydrogen) atoms. The van der Waals surface area contributed by atoms with Crippen molar-refractivity contribution in [3.63, 3.8) is 0 Å². The molecule has 0 atom stereocenters. The summed E-state index contributed by atoms with van der Waals surface area (Å²) in [6, 6.07) is 4.58. The number of ether oxygens (including phenoxy) is 2. The van der Waals surface area contributed by atoms with Gasteiger partial charge in [0.05, 0.1) is 11.0 Å². The fraction of sp³-hybridized carbons (Fsp3) is 0.0625. The maximum atomic E-state index is 13.1. The number of imidazole rings is 1. The molecule has 4 heterocycles. The van der Waals surface area contributed by atoms with Gasteiger partial charge in [-0.05, 0) is 11.4 Å². The minimum Gasteiger partial charge on any atom is -0.395 e. The lowest BCUT2D eigenvalue weighted by Crippen LogP contribution is -2.25. The number of aromatic amines is 1. The number of rotatable bonds is 3. The number of carbonyl (C=O) groups is 1. The Bertz CT molecular complexity index is 1120. The van der Waals surface area contributed by atoms with Gasteiger partial charge >= 0.3 is 6.29 Å². The van der Waals surface area contributed by atoms with Crippen molar-refractivity contribution in [2.24, 2.45) is 0 Å². The topological polar surface area (TPSA) is 89.1 Å². The van der Waals surface area contributed by atoms with Gasteiger partial charge in [0.15, 0.2) is 11.5 Å². The third-order valence-electron chi connectivity index (χ3n) is 3.74. The molecule has 5 rings (SSSR count). The van der Waals surface area contributed by atoms with E-state index in [1.165, 1.54) is 23.5 Å². The number of aromatic nitrogens is 3. The van der Waals surface area contributed by atoms with Gasteiger partial charge in [0.1, 0.15) is 10.7 Å². The zero-order valence-electron chi connectivity index (χ0n) is 13.2. The van der Waals surface area contributed by atoms with E-state index in [9.17, 15) is 13.6 Å². The van der Waals surface area contributed by atoms with Gasteiger partial charge in [-0.3, -0.25) is 10.1 Å². The normalized spacial score (nSPS) is 14.6. The first-order valence-corrected chi connectivity index (χ1v) is 9.38. The number of hydrogen-bond donors (Lipinski definition) is 2. The van der Waals surface area contributed by atoms with Crippen LogP contribution in [0.5, 0.6) is 11.5 Å². The van der Waals surface area contributed by atoms with E-state index >= 15 is 0 Å². The van der Waals surface area contributed by atoms with E-state index in [1.54, 1.807) is 16.7 Å². The van der Waals surface area contributed by atoms with Crippen LogP contribution in [-0.4, -0.2) is 27.2 Å². The monoisotopic (exact) mass is 406 g/mol. The van der Waals surface area contributed by atoms with Gasteiger partial charge in [-0.15, -0.1) is 20.1 Å². The number of nitrogens with one attached hydrogen (secondary N) is 2. The number of thiazole rings is 1. The van der Waals surface area contributed by atoms with Crippen molar-refractivity contribution in [1.82, 2.24) is 15.0 Å². The number of nitrogens with zero attached hydrogens (tertiary/aromatic N) is 2. The Morgan fingerprint density at radius 3 is 2.78 bits per heavy atom. The lowest BCUT2D eigenvalue weighted by molar-refractivity contribution is -0.286. The van der Waals surface area contributed by atoms with Crippen LogP contribution in [0.2, 0.25) is 0 Å². The van der Waals surface area contributed by atoms with Gasteiger partial charge in [0.25, 0.3) is 5.91 Å². The number of H-pyrrole nitrogens is 1.